The summed E-state index contributed by atoms with van der Waals surface area (Å²) in [6.07, 6.45) is -3.16. The number of methoxy groups -OCH3 is 1. The van der Waals surface area contributed by atoms with Crippen LogP contribution in [0.15, 0.2) is 24.3 Å². The lowest BCUT2D eigenvalue weighted by Crippen LogP contribution is -2.57. The number of carboxylic acids is 1. The first-order chi connectivity index (χ1) is 12.2. The van der Waals surface area contributed by atoms with E-state index in [4.69, 9.17) is 14.6 Å². The lowest BCUT2D eigenvalue weighted by Gasteiger charge is -2.39. The Hall–Kier alpha value is -2.62. The van der Waals surface area contributed by atoms with Crippen LogP contribution in [0.3, 0.4) is 0 Å². The summed E-state index contributed by atoms with van der Waals surface area (Å²) >= 11 is 0. The van der Waals surface area contributed by atoms with Gasteiger partial charge >= 0.3 is 11.9 Å². The number of aromatic hydroxyl groups is 1. The molecule has 0 radical (unpaired) electrons. The smallest absolute Gasteiger partial charge is 0.335 e. The van der Waals surface area contributed by atoms with Gasteiger partial charge in [0.2, 0.25) is 0 Å². The summed E-state index contributed by atoms with van der Waals surface area (Å²) < 4.78 is 9.92. The summed E-state index contributed by atoms with van der Waals surface area (Å²) in [5, 5.41) is 48.2. The molecule has 0 bridgehead atoms. The summed E-state index contributed by atoms with van der Waals surface area (Å²) in [7, 11) is 1.38. The van der Waals surface area contributed by atoms with E-state index in [1.807, 2.05) is 0 Å². The van der Waals surface area contributed by atoms with Crippen molar-refractivity contribution < 1.29 is 44.6 Å². The molecule has 1 aromatic carbocycles. The lowest BCUT2D eigenvalue weighted by molar-refractivity contribution is -0.196. The maximum Gasteiger partial charge on any atom is 0.335 e. The van der Waals surface area contributed by atoms with Crippen molar-refractivity contribution in [3.8, 4) is 11.5 Å². The first-order valence-corrected chi connectivity index (χ1v) is 7.74. The van der Waals surface area contributed by atoms with Crippen molar-refractivity contribution in [1.82, 2.24) is 0 Å². The van der Waals surface area contributed by atoms with Gasteiger partial charge < -0.3 is 35.0 Å². The van der Waals surface area contributed by atoms with Gasteiger partial charge in [0.15, 0.2) is 23.2 Å². The average Bonchev–Trinajstić information content (AvgIpc) is 2.57. The Kier molecular flexibility index (Phi) is 5.86. The fraction of sp³-hybridized carbons (Fsp3) is 0.412. The number of hydrogen-bond acceptors (Lipinski definition) is 8. The number of carbonyl (C=O) groups excluding carboxylic acids is 1. The molecule has 9 nitrogen and oxygen atoms in total. The minimum absolute atomic E-state index is 0.0633. The Labute approximate surface area is 148 Å². The Morgan fingerprint density at radius 1 is 1.23 bits per heavy atom. The number of aliphatic carboxylic acids is 1. The van der Waals surface area contributed by atoms with Gasteiger partial charge in [0.05, 0.1) is 19.3 Å². The second kappa shape index (κ2) is 7.73. The summed E-state index contributed by atoms with van der Waals surface area (Å²) in [6.45, 7) is 0. The van der Waals surface area contributed by atoms with E-state index in [-0.39, 0.29) is 11.5 Å². The van der Waals surface area contributed by atoms with E-state index in [9.17, 15) is 30.0 Å². The second-order valence-corrected chi connectivity index (χ2v) is 6.05. The molecule has 0 aromatic heterocycles. The van der Waals surface area contributed by atoms with Crippen LogP contribution in [0.2, 0.25) is 0 Å². The monoisotopic (exact) mass is 368 g/mol. The predicted octanol–water partition coefficient (Wildman–Crippen LogP) is -0.343. The number of esters is 1. The highest BCUT2D eigenvalue weighted by Gasteiger charge is 2.50. The number of aliphatic hydroxyl groups excluding tert-OH is 2. The van der Waals surface area contributed by atoms with Crippen LogP contribution in [-0.4, -0.2) is 68.5 Å². The van der Waals surface area contributed by atoms with Gasteiger partial charge in [0.1, 0.15) is 0 Å². The van der Waals surface area contributed by atoms with Crippen molar-refractivity contribution in [2.45, 2.75) is 36.8 Å². The van der Waals surface area contributed by atoms with Gasteiger partial charge in [0, 0.05) is 18.9 Å². The molecule has 1 aromatic rings. The average molecular weight is 368 g/mol. The molecule has 2 rings (SSSR count). The quantitative estimate of drug-likeness (QED) is 0.347. The standard InChI is InChI=1S/C17H20O9/c1-25-13-6-9(2-4-10(13)18)3-5-14(21)26-15-11(19)7-17(24,16(22)23)8-12(15)20/h2-6,11-12,15,18-20,24H,7-8H2,1H3,(H,22,23)/b5-3+/t11-,12?,15-,17+/m1/s1. The molecule has 26 heavy (non-hydrogen) atoms. The largest absolute Gasteiger partial charge is 0.504 e. The van der Waals surface area contributed by atoms with Crippen LogP contribution in [-0.2, 0) is 14.3 Å². The van der Waals surface area contributed by atoms with Crippen molar-refractivity contribution >= 4 is 18.0 Å². The van der Waals surface area contributed by atoms with Crippen molar-refractivity contribution in [2.24, 2.45) is 0 Å². The van der Waals surface area contributed by atoms with Gasteiger partial charge in [-0.1, -0.05) is 6.07 Å². The molecule has 0 spiro atoms. The topological polar surface area (TPSA) is 154 Å². The number of phenols is 1. The van der Waals surface area contributed by atoms with Gasteiger partial charge in [-0.2, -0.15) is 0 Å². The fourth-order valence-corrected chi connectivity index (χ4v) is 2.73. The Balaban J connectivity index is 2.02. The highest BCUT2D eigenvalue weighted by atomic mass is 16.6. The second-order valence-electron chi connectivity index (χ2n) is 6.05. The molecule has 9 heteroatoms. The van der Waals surface area contributed by atoms with Gasteiger partial charge in [-0.15, -0.1) is 0 Å². The number of rotatable bonds is 5. The molecule has 0 heterocycles. The maximum atomic E-state index is 11.9. The Morgan fingerprint density at radius 2 is 1.85 bits per heavy atom. The predicted molar refractivity (Wildman–Crippen MR) is 87.4 cm³/mol. The van der Waals surface area contributed by atoms with E-state index >= 15 is 0 Å². The van der Waals surface area contributed by atoms with E-state index in [2.05, 4.69) is 0 Å². The SMILES string of the molecule is COc1cc(/C=C/C(=O)O[C@H]2C(O)C[C@](O)(C(=O)O)C[C@H]2O)ccc1O. The van der Waals surface area contributed by atoms with E-state index in [1.165, 1.54) is 31.4 Å². The number of ether oxygens (including phenoxy) is 2. The van der Waals surface area contributed by atoms with Crippen LogP contribution in [0.5, 0.6) is 11.5 Å². The molecular weight excluding hydrogens is 348 g/mol. The van der Waals surface area contributed by atoms with Crippen LogP contribution in [0.25, 0.3) is 6.08 Å². The van der Waals surface area contributed by atoms with E-state index < -0.39 is 48.7 Å². The molecule has 1 aliphatic rings. The summed E-state index contributed by atoms with van der Waals surface area (Å²) in [5.41, 5.74) is -1.75. The van der Waals surface area contributed by atoms with Crippen LogP contribution >= 0.6 is 0 Å². The molecular formula is C17H20O9. The molecule has 4 atom stereocenters. The minimum Gasteiger partial charge on any atom is -0.504 e. The molecule has 0 aliphatic heterocycles. The number of carboxylic acid groups (broad SMARTS) is 1. The molecule has 0 saturated heterocycles. The van der Waals surface area contributed by atoms with Gasteiger partial charge in [0.25, 0.3) is 0 Å². The number of hydrogen-bond donors (Lipinski definition) is 5. The van der Waals surface area contributed by atoms with Crippen molar-refractivity contribution in [2.75, 3.05) is 7.11 Å². The van der Waals surface area contributed by atoms with E-state index in [1.54, 1.807) is 0 Å². The zero-order valence-corrected chi connectivity index (χ0v) is 13.9. The van der Waals surface area contributed by atoms with Crippen molar-refractivity contribution in [3.63, 3.8) is 0 Å². The van der Waals surface area contributed by atoms with Crippen LogP contribution in [0, 0.1) is 0 Å². The third-order valence-electron chi connectivity index (χ3n) is 4.12. The summed E-state index contributed by atoms with van der Waals surface area (Å²) in [4.78, 5) is 22.9. The first kappa shape index (κ1) is 19.7. The molecule has 1 saturated carbocycles. The maximum absolute atomic E-state index is 11.9. The van der Waals surface area contributed by atoms with Gasteiger partial charge in [-0.3, -0.25) is 0 Å². The number of phenolic OH excluding ortho intramolecular Hbond substituents is 1. The Morgan fingerprint density at radius 3 is 2.38 bits per heavy atom. The highest BCUT2D eigenvalue weighted by Crippen LogP contribution is 2.31. The number of aliphatic hydroxyl groups is 3. The van der Waals surface area contributed by atoms with Crippen LogP contribution in [0.4, 0.5) is 0 Å². The van der Waals surface area contributed by atoms with Crippen molar-refractivity contribution in [3.05, 3.63) is 29.8 Å². The number of carbonyl (C=O) groups is 2. The normalized spacial score (nSPS) is 28.7. The zero-order chi connectivity index (χ0) is 19.5. The molecule has 5 N–H and O–H groups in total. The van der Waals surface area contributed by atoms with Gasteiger partial charge in [-0.05, 0) is 23.8 Å². The molecule has 0 amide bonds. The molecule has 1 unspecified atom stereocenters. The molecule has 142 valence electrons. The zero-order valence-electron chi connectivity index (χ0n) is 13.9. The third kappa shape index (κ3) is 4.31. The van der Waals surface area contributed by atoms with Crippen LogP contribution in [0.1, 0.15) is 18.4 Å². The lowest BCUT2D eigenvalue weighted by atomic mass is 9.79. The highest BCUT2D eigenvalue weighted by molar-refractivity contribution is 5.87. The van der Waals surface area contributed by atoms with E-state index in [0.717, 1.165) is 6.08 Å². The molecule has 1 fully saturated rings. The summed E-state index contributed by atoms with van der Waals surface area (Å²) in [6, 6.07) is 4.39. The molecule has 1 aliphatic carbocycles. The minimum atomic E-state index is -2.28. The Bertz CT molecular complexity index is 700. The fourth-order valence-electron chi connectivity index (χ4n) is 2.73. The third-order valence-corrected chi connectivity index (χ3v) is 4.12. The number of benzene rings is 1. The van der Waals surface area contributed by atoms with Crippen LogP contribution < -0.4 is 4.74 Å². The van der Waals surface area contributed by atoms with E-state index in [0.29, 0.717) is 5.56 Å². The van der Waals surface area contributed by atoms with Gasteiger partial charge in [-0.25, -0.2) is 9.59 Å². The van der Waals surface area contributed by atoms with Crippen molar-refractivity contribution in [1.29, 1.82) is 0 Å². The first-order valence-electron chi connectivity index (χ1n) is 7.74. The summed E-state index contributed by atoms with van der Waals surface area (Å²) in [5.74, 6) is -2.29.